The fourth-order valence-electron chi connectivity index (χ4n) is 2.70. The van der Waals surface area contributed by atoms with E-state index in [-0.39, 0.29) is 5.91 Å². The zero-order valence-corrected chi connectivity index (χ0v) is 17.0. The van der Waals surface area contributed by atoms with Gasteiger partial charge in [-0.2, -0.15) is 11.3 Å². The molecule has 4 nitrogen and oxygen atoms in total. The van der Waals surface area contributed by atoms with Crippen LogP contribution in [0.25, 0.3) is 10.6 Å². The van der Waals surface area contributed by atoms with Gasteiger partial charge in [0, 0.05) is 18.0 Å². The van der Waals surface area contributed by atoms with Crippen LogP contribution in [0.2, 0.25) is 0 Å². The molecule has 6 heteroatoms. The van der Waals surface area contributed by atoms with E-state index < -0.39 is 0 Å². The molecule has 0 saturated heterocycles. The summed E-state index contributed by atoms with van der Waals surface area (Å²) in [4.78, 5) is 19.7. The van der Waals surface area contributed by atoms with Crippen LogP contribution in [0.5, 0.6) is 5.75 Å². The molecule has 0 saturated carbocycles. The van der Waals surface area contributed by atoms with Crippen molar-refractivity contribution in [3.05, 3.63) is 56.7 Å². The standard InChI is InChI=1S/C20H22N2O2S2/c1-13-9-14(2)11-17(10-13)24-7-6-22(4)20(23)18-15(3)21-19(26-18)16-5-8-25-12-16/h5,8-12H,6-7H2,1-4H3. The molecular weight excluding hydrogens is 364 g/mol. The summed E-state index contributed by atoms with van der Waals surface area (Å²) in [5.74, 6) is 0.836. The second-order valence-corrected chi connectivity index (χ2v) is 8.12. The summed E-state index contributed by atoms with van der Waals surface area (Å²) in [7, 11) is 1.80. The van der Waals surface area contributed by atoms with Crippen molar-refractivity contribution >= 4 is 28.6 Å². The Hall–Kier alpha value is -2.18. The summed E-state index contributed by atoms with van der Waals surface area (Å²) in [5.41, 5.74) is 4.20. The molecule has 0 N–H and O–H groups in total. The van der Waals surface area contributed by atoms with Gasteiger partial charge in [0.15, 0.2) is 0 Å². The van der Waals surface area contributed by atoms with Crippen LogP contribution in [0.4, 0.5) is 0 Å². The SMILES string of the molecule is Cc1cc(C)cc(OCCN(C)C(=O)c2sc(-c3ccsc3)nc2C)c1. The first-order valence-corrected chi connectivity index (χ1v) is 10.2. The molecule has 136 valence electrons. The molecule has 0 fully saturated rings. The molecule has 0 aliphatic heterocycles. The molecule has 0 aliphatic carbocycles. The van der Waals surface area contributed by atoms with Gasteiger partial charge in [0.1, 0.15) is 22.2 Å². The van der Waals surface area contributed by atoms with E-state index in [9.17, 15) is 4.79 Å². The maximum absolute atomic E-state index is 12.7. The number of thiazole rings is 1. The molecular formula is C20H22N2O2S2. The second kappa shape index (κ2) is 8.01. The number of hydrogen-bond donors (Lipinski definition) is 0. The molecule has 0 spiro atoms. The van der Waals surface area contributed by atoms with Gasteiger partial charge in [-0.15, -0.1) is 11.3 Å². The highest BCUT2D eigenvalue weighted by molar-refractivity contribution is 7.17. The Morgan fingerprint density at radius 3 is 2.58 bits per heavy atom. The number of benzene rings is 1. The minimum absolute atomic E-state index is 0.00879. The van der Waals surface area contributed by atoms with Crippen LogP contribution in [0.1, 0.15) is 26.5 Å². The van der Waals surface area contributed by atoms with E-state index in [2.05, 4.69) is 11.1 Å². The topological polar surface area (TPSA) is 42.4 Å². The zero-order valence-electron chi connectivity index (χ0n) is 15.4. The van der Waals surface area contributed by atoms with Crippen molar-refractivity contribution in [1.82, 2.24) is 9.88 Å². The number of nitrogens with zero attached hydrogens (tertiary/aromatic N) is 2. The van der Waals surface area contributed by atoms with Crippen LogP contribution in [0.15, 0.2) is 35.0 Å². The van der Waals surface area contributed by atoms with Crippen molar-refractivity contribution in [1.29, 1.82) is 0 Å². The first-order chi connectivity index (χ1) is 12.4. The van der Waals surface area contributed by atoms with Crippen molar-refractivity contribution in [2.75, 3.05) is 20.2 Å². The van der Waals surface area contributed by atoms with Gasteiger partial charge in [-0.05, 0) is 55.5 Å². The largest absolute Gasteiger partial charge is 0.492 e. The third kappa shape index (κ3) is 4.31. The van der Waals surface area contributed by atoms with Crippen LogP contribution in [0.3, 0.4) is 0 Å². The maximum atomic E-state index is 12.7. The first kappa shape index (κ1) is 18.6. The molecule has 2 aromatic heterocycles. The van der Waals surface area contributed by atoms with E-state index in [1.807, 2.05) is 49.7 Å². The normalized spacial score (nSPS) is 10.8. The van der Waals surface area contributed by atoms with Crippen LogP contribution >= 0.6 is 22.7 Å². The van der Waals surface area contributed by atoms with Gasteiger partial charge in [0.2, 0.25) is 0 Å². The highest BCUT2D eigenvalue weighted by Gasteiger charge is 2.19. The fourth-order valence-corrected chi connectivity index (χ4v) is 4.47. The molecule has 3 rings (SSSR count). The van der Waals surface area contributed by atoms with Gasteiger partial charge >= 0.3 is 0 Å². The third-order valence-electron chi connectivity index (χ3n) is 4.00. The number of thiophene rings is 1. The molecule has 2 heterocycles. The Morgan fingerprint density at radius 2 is 1.92 bits per heavy atom. The number of aromatic nitrogens is 1. The third-order valence-corrected chi connectivity index (χ3v) is 5.87. The molecule has 26 heavy (non-hydrogen) atoms. The highest BCUT2D eigenvalue weighted by Crippen LogP contribution is 2.30. The summed E-state index contributed by atoms with van der Waals surface area (Å²) in [5, 5.41) is 4.96. The van der Waals surface area contributed by atoms with Crippen LogP contribution in [0, 0.1) is 20.8 Å². The Balaban J connectivity index is 1.61. The van der Waals surface area contributed by atoms with Crippen molar-refractivity contribution < 1.29 is 9.53 Å². The Morgan fingerprint density at radius 1 is 1.19 bits per heavy atom. The van der Waals surface area contributed by atoms with Gasteiger partial charge in [-0.25, -0.2) is 4.98 Å². The zero-order chi connectivity index (χ0) is 18.7. The van der Waals surface area contributed by atoms with Gasteiger partial charge < -0.3 is 9.64 Å². The molecule has 0 bridgehead atoms. The van der Waals surface area contributed by atoms with Gasteiger partial charge in [0.05, 0.1) is 12.2 Å². The average Bonchev–Trinajstić information content (AvgIpc) is 3.22. The van der Waals surface area contributed by atoms with E-state index >= 15 is 0 Å². The lowest BCUT2D eigenvalue weighted by Crippen LogP contribution is -2.30. The number of amides is 1. The molecule has 1 aromatic carbocycles. The number of ether oxygens (including phenoxy) is 1. The van der Waals surface area contributed by atoms with E-state index in [0.717, 1.165) is 22.0 Å². The summed E-state index contributed by atoms with van der Waals surface area (Å²) in [6, 6.07) is 8.16. The van der Waals surface area contributed by atoms with Crippen LogP contribution in [-0.2, 0) is 0 Å². The van der Waals surface area contributed by atoms with E-state index in [0.29, 0.717) is 18.0 Å². The van der Waals surface area contributed by atoms with Crippen molar-refractivity contribution in [3.8, 4) is 16.3 Å². The lowest BCUT2D eigenvalue weighted by molar-refractivity contribution is 0.0777. The first-order valence-electron chi connectivity index (χ1n) is 8.40. The van der Waals surface area contributed by atoms with E-state index in [1.54, 1.807) is 23.3 Å². The number of aryl methyl sites for hydroxylation is 3. The number of hydrogen-bond acceptors (Lipinski definition) is 5. The Kier molecular flexibility index (Phi) is 5.74. The van der Waals surface area contributed by atoms with E-state index in [1.165, 1.54) is 22.5 Å². The number of carbonyl (C=O) groups is 1. The highest BCUT2D eigenvalue weighted by atomic mass is 32.1. The Bertz CT molecular complexity index is 880. The number of carbonyl (C=O) groups excluding carboxylic acids is 1. The molecule has 1 amide bonds. The van der Waals surface area contributed by atoms with Crippen molar-refractivity contribution in [3.63, 3.8) is 0 Å². The smallest absolute Gasteiger partial charge is 0.265 e. The number of rotatable bonds is 6. The molecule has 3 aromatic rings. The molecule has 0 aliphatic rings. The Labute approximate surface area is 162 Å². The minimum atomic E-state index is -0.00879. The summed E-state index contributed by atoms with van der Waals surface area (Å²) < 4.78 is 5.81. The second-order valence-electron chi connectivity index (χ2n) is 6.34. The number of likely N-dealkylation sites (N-methyl/N-ethyl adjacent to an activating group) is 1. The monoisotopic (exact) mass is 386 g/mol. The predicted molar refractivity (Wildman–Crippen MR) is 109 cm³/mol. The fraction of sp³-hybridized carbons (Fsp3) is 0.300. The maximum Gasteiger partial charge on any atom is 0.265 e. The van der Waals surface area contributed by atoms with Gasteiger partial charge in [-0.1, -0.05) is 6.07 Å². The minimum Gasteiger partial charge on any atom is -0.492 e. The van der Waals surface area contributed by atoms with Crippen LogP contribution in [-0.4, -0.2) is 36.0 Å². The van der Waals surface area contributed by atoms with E-state index in [4.69, 9.17) is 4.74 Å². The lowest BCUT2D eigenvalue weighted by atomic mass is 10.1. The molecule has 0 unspecified atom stereocenters. The lowest BCUT2D eigenvalue weighted by Gasteiger charge is -2.17. The quantitative estimate of drug-likeness (QED) is 0.602. The van der Waals surface area contributed by atoms with Crippen LogP contribution < -0.4 is 4.74 Å². The van der Waals surface area contributed by atoms with Gasteiger partial charge in [-0.3, -0.25) is 4.79 Å². The molecule has 0 radical (unpaired) electrons. The predicted octanol–water partition coefficient (Wildman–Crippen LogP) is 4.95. The van der Waals surface area contributed by atoms with Crippen molar-refractivity contribution in [2.45, 2.75) is 20.8 Å². The summed E-state index contributed by atoms with van der Waals surface area (Å²) in [6.45, 7) is 6.97. The summed E-state index contributed by atoms with van der Waals surface area (Å²) in [6.07, 6.45) is 0. The van der Waals surface area contributed by atoms with Crippen molar-refractivity contribution in [2.24, 2.45) is 0 Å². The summed E-state index contributed by atoms with van der Waals surface area (Å²) >= 11 is 3.08. The van der Waals surface area contributed by atoms with Gasteiger partial charge in [0.25, 0.3) is 5.91 Å². The molecule has 0 atom stereocenters. The average molecular weight is 387 g/mol.